The Morgan fingerprint density at radius 2 is 1.83 bits per heavy atom. The van der Waals surface area contributed by atoms with Crippen LogP contribution in [0.15, 0.2) is 24.3 Å². The van der Waals surface area contributed by atoms with Gasteiger partial charge in [0.2, 0.25) is 11.8 Å². The van der Waals surface area contributed by atoms with Crippen molar-refractivity contribution < 1.29 is 9.59 Å². The molecule has 0 aromatic heterocycles. The van der Waals surface area contributed by atoms with E-state index in [1.165, 1.54) is 0 Å². The minimum absolute atomic E-state index is 0.00751. The van der Waals surface area contributed by atoms with Gasteiger partial charge in [-0.2, -0.15) is 0 Å². The van der Waals surface area contributed by atoms with Gasteiger partial charge in [-0.1, -0.05) is 29.8 Å². The van der Waals surface area contributed by atoms with E-state index in [-0.39, 0.29) is 11.8 Å². The Hall–Kier alpha value is -1.59. The molecule has 1 aliphatic heterocycles. The fourth-order valence-corrected chi connectivity index (χ4v) is 3.01. The zero-order valence-corrected chi connectivity index (χ0v) is 13.9. The van der Waals surface area contributed by atoms with Gasteiger partial charge in [0.1, 0.15) is 0 Å². The molecule has 2 aliphatic rings. The van der Waals surface area contributed by atoms with E-state index in [9.17, 15) is 9.59 Å². The summed E-state index contributed by atoms with van der Waals surface area (Å²) in [7, 11) is 0. The standard InChI is InChI=1S/C17H22ClN3O2/c18-15-4-2-1-3-14(15)11-19-16(22)12-20-7-9-21(10-8-20)17(23)13-5-6-13/h1-4,13H,5-12H2,(H,19,22). The second kappa shape index (κ2) is 7.32. The molecule has 1 aromatic carbocycles. The number of hydrogen-bond acceptors (Lipinski definition) is 3. The lowest BCUT2D eigenvalue weighted by atomic mass is 10.2. The van der Waals surface area contributed by atoms with E-state index in [1.807, 2.05) is 29.2 Å². The summed E-state index contributed by atoms with van der Waals surface area (Å²) in [6, 6.07) is 7.50. The van der Waals surface area contributed by atoms with Crippen LogP contribution < -0.4 is 5.32 Å². The highest BCUT2D eigenvalue weighted by molar-refractivity contribution is 6.31. The average Bonchev–Trinajstić information content (AvgIpc) is 3.39. The third-order valence-corrected chi connectivity index (χ3v) is 4.78. The number of carbonyl (C=O) groups excluding carboxylic acids is 2. The molecule has 124 valence electrons. The van der Waals surface area contributed by atoms with Crippen LogP contribution in [0.25, 0.3) is 0 Å². The smallest absolute Gasteiger partial charge is 0.234 e. The largest absolute Gasteiger partial charge is 0.351 e. The van der Waals surface area contributed by atoms with Crippen LogP contribution in [-0.2, 0) is 16.1 Å². The first-order valence-corrected chi connectivity index (χ1v) is 8.52. The van der Waals surface area contributed by atoms with Crippen LogP contribution >= 0.6 is 11.6 Å². The van der Waals surface area contributed by atoms with Gasteiger partial charge in [-0.25, -0.2) is 0 Å². The quantitative estimate of drug-likeness (QED) is 0.887. The van der Waals surface area contributed by atoms with Crippen molar-refractivity contribution in [2.75, 3.05) is 32.7 Å². The summed E-state index contributed by atoms with van der Waals surface area (Å²) in [5.74, 6) is 0.570. The van der Waals surface area contributed by atoms with Crippen LogP contribution in [0.5, 0.6) is 0 Å². The molecule has 2 fully saturated rings. The second-order valence-corrected chi connectivity index (χ2v) is 6.65. The molecule has 0 atom stereocenters. The third kappa shape index (κ3) is 4.45. The summed E-state index contributed by atoms with van der Waals surface area (Å²) < 4.78 is 0. The lowest BCUT2D eigenvalue weighted by Gasteiger charge is -2.34. The van der Waals surface area contributed by atoms with E-state index in [4.69, 9.17) is 11.6 Å². The lowest BCUT2D eigenvalue weighted by Crippen LogP contribution is -2.51. The van der Waals surface area contributed by atoms with Crippen LogP contribution in [0.1, 0.15) is 18.4 Å². The van der Waals surface area contributed by atoms with Crippen LogP contribution in [0.4, 0.5) is 0 Å². The number of nitrogens with zero attached hydrogens (tertiary/aromatic N) is 2. The molecule has 3 rings (SSSR count). The maximum atomic E-state index is 12.1. The molecule has 1 N–H and O–H groups in total. The second-order valence-electron chi connectivity index (χ2n) is 6.24. The topological polar surface area (TPSA) is 52.7 Å². The predicted molar refractivity (Wildman–Crippen MR) is 89.0 cm³/mol. The number of amides is 2. The van der Waals surface area contributed by atoms with Gasteiger partial charge >= 0.3 is 0 Å². The maximum Gasteiger partial charge on any atom is 0.234 e. The van der Waals surface area contributed by atoms with Crippen molar-refractivity contribution in [1.82, 2.24) is 15.1 Å². The normalized spacial score (nSPS) is 18.7. The number of halogens is 1. The van der Waals surface area contributed by atoms with Crippen molar-refractivity contribution in [3.8, 4) is 0 Å². The molecule has 5 nitrogen and oxygen atoms in total. The SMILES string of the molecule is O=C(CN1CCN(C(=O)C2CC2)CC1)NCc1ccccc1Cl. The molecular weight excluding hydrogens is 314 g/mol. The van der Waals surface area contributed by atoms with Crippen LogP contribution in [0, 0.1) is 5.92 Å². The van der Waals surface area contributed by atoms with Crippen molar-refractivity contribution in [1.29, 1.82) is 0 Å². The van der Waals surface area contributed by atoms with Gasteiger partial charge < -0.3 is 10.2 Å². The van der Waals surface area contributed by atoms with E-state index in [2.05, 4.69) is 10.2 Å². The van der Waals surface area contributed by atoms with Crippen LogP contribution in [0.3, 0.4) is 0 Å². The summed E-state index contributed by atoms with van der Waals surface area (Å²) in [5.41, 5.74) is 0.919. The zero-order chi connectivity index (χ0) is 16.2. The minimum atomic E-state index is -0.00751. The average molecular weight is 336 g/mol. The molecule has 6 heteroatoms. The van der Waals surface area contributed by atoms with Crippen molar-refractivity contribution in [3.05, 3.63) is 34.9 Å². The van der Waals surface area contributed by atoms with Gasteiger partial charge in [-0.15, -0.1) is 0 Å². The molecule has 1 aliphatic carbocycles. The van der Waals surface area contributed by atoms with E-state index in [0.717, 1.165) is 44.6 Å². The molecule has 1 aromatic rings. The Labute approximate surface area is 141 Å². The van der Waals surface area contributed by atoms with Gasteiger partial charge in [0, 0.05) is 43.7 Å². The highest BCUT2D eigenvalue weighted by Gasteiger charge is 2.34. The molecule has 0 spiro atoms. The summed E-state index contributed by atoms with van der Waals surface area (Å²) in [4.78, 5) is 28.1. The number of benzene rings is 1. The van der Waals surface area contributed by atoms with Gasteiger partial charge in [-0.3, -0.25) is 14.5 Å². The van der Waals surface area contributed by atoms with E-state index in [1.54, 1.807) is 0 Å². The van der Waals surface area contributed by atoms with Crippen molar-refractivity contribution >= 4 is 23.4 Å². The van der Waals surface area contributed by atoms with E-state index < -0.39 is 0 Å². The fraction of sp³-hybridized carbons (Fsp3) is 0.529. The molecule has 0 bridgehead atoms. The highest BCUT2D eigenvalue weighted by atomic mass is 35.5. The fourth-order valence-electron chi connectivity index (χ4n) is 2.81. The minimum Gasteiger partial charge on any atom is -0.351 e. The monoisotopic (exact) mass is 335 g/mol. The number of piperazine rings is 1. The van der Waals surface area contributed by atoms with Crippen molar-refractivity contribution in [3.63, 3.8) is 0 Å². The molecule has 23 heavy (non-hydrogen) atoms. The first-order chi connectivity index (χ1) is 11.1. The molecular formula is C17H22ClN3O2. The Morgan fingerprint density at radius 1 is 1.13 bits per heavy atom. The molecule has 1 heterocycles. The third-order valence-electron chi connectivity index (χ3n) is 4.41. The van der Waals surface area contributed by atoms with E-state index in [0.29, 0.717) is 24.0 Å². The highest BCUT2D eigenvalue weighted by Crippen LogP contribution is 2.31. The Bertz CT molecular complexity index is 581. The number of hydrogen-bond donors (Lipinski definition) is 1. The number of carbonyl (C=O) groups is 2. The Kier molecular flexibility index (Phi) is 5.18. The lowest BCUT2D eigenvalue weighted by molar-refractivity contribution is -0.134. The summed E-state index contributed by atoms with van der Waals surface area (Å²) >= 11 is 6.08. The zero-order valence-electron chi connectivity index (χ0n) is 13.1. The molecule has 0 unspecified atom stereocenters. The van der Waals surface area contributed by atoms with Crippen LogP contribution in [-0.4, -0.2) is 54.3 Å². The summed E-state index contributed by atoms with van der Waals surface area (Å²) in [5, 5.41) is 3.57. The maximum absolute atomic E-state index is 12.1. The first kappa shape index (κ1) is 16.3. The van der Waals surface area contributed by atoms with E-state index >= 15 is 0 Å². The Morgan fingerprint density at radius 3 is 2.48 bits per heavy atom. The van der Waals surface area contributed by atoms with Crippen molar-refractivity contribution in [2.45, 2.75) is 19.4 Å². The first-order valence-electron chi connectivity index (χ1n) is 8.15. The number of rotatable bonds is 5. The predicted octanol–water partition coefficient (Wildman–Crippen LogP) is 1.51. The van der Waals surface area contributed by atoms with Gasteiger partial charge in [0.25, 0.3) is 0 Å². The molecule has 2 amide bonds. The summed E-state index contributed by atoms with van der Waals surface area (Å²) in [6.07, 6.45) is 2.09. The molecule has 1 saturated carbocycles. The van der Waals surface area contributed by atoms with Gasteiger partial charge in [-0.05, 0) is 24.5 Å². The van der Waals surface area contributed by atoms with Gasteiger partial charge in [0.15, 0.2) is 0 Å². The molecule has 0 radical (unpaired) electrons. The summed E-state index contributed by atoms with van der Waals surface area (Å²) in [6.45, 7) is 3.80. The van der Waals surface area contributed by atoms with Crippen molar-refractivity contribution in [2.24, 2.45) is 5.92 Å². The van der Waals surface area contributed by atoms with Gasteiger partial charge in [0.05, 0.1) is 6.54 Å². The number of nitrogens with one attached hydrogen (secondary N) is 1. The molecule has 1 saturated heterocycles. The van der Waals surface area contributed by atoms with Crippen LogP contribution in [0.2, 0.25) is 5.02 Å². The Balaban J connectivity index is 1.39.